The minimum Gasteiger partial charge on any atom is -0.324 e. The maximum Gasteiger partial charge on any atom is 0.225 e. The van der Waals surface area contributed by atoms with E-state index in [-0.39, 0.29) is 5.91 Å². The van der Waals surface area contributed by atoms with Crippen LogP contribution in [0.1, 0.15) is 29.9 Å². The summed E-state index contributed by atoms with van der Waals surface area (Å²) in [6, 6.07) is 18.0. The Morgan fingerprint density at radius 2 is 1.96 bits per heavy atom. The first kappa shape index (κ1) is 14.7. The number of hydrogen-bond donors (Lipinski definition) is 1. The minimum atomic E-state index is 0.0521. The Hall–Kier alpha value is -2.88. The lowest BCUT2D eigenvalue weighted by Crippen LogP contribution is -2.16. The number of carbonyl (C=O) groups excluding carboxylic acids is 1. The molecule has 1 N–H and O–H groups in total. The topological polar surface area (TPSA) is 46.9 Å². The zero-order chi connectivity index (χ0) is 16.4. The summed E-state index contributed by atoms with van der Waals surface area (Å²) in [7, 11) is 0. The Bertz CT molecular complexity index is 855. The van der Waals surface area contributed by atoms with Crippen molar-refractivity contribution in [2.75, 3.05) is 5.32 Å². The normalized spacial score (nSPS) is 15.9. The number of nitrogens with one attached hydrogen (secondary N) is 1. The van der Waals surface area contributed by atoms with Gasteiger partial charge in [0.1, 0.15) is 0 Å². The highest BCUT2D eigenvalue weighted by molar-refractivity contribution is 5.93. The van der Waals surface area contributed by atoms with Gasteiger partial charge in [-0.05, 0) is 48.1 Å². The third-order valence-electron chi connectivity index (χ3n) is 4.62. The van der Waals surface area contributed by atoms with Gasteiger partial charge >= 0.3 is 0 Å². The molecule has 0 fully saturated rings. The summed E-state index contributed by atoms with van der Waals surface area (Å²) < 4.78 is 1.76. The lowest BCUT2D eigenvalue weighted by Gasteiger charge is -2.14. The van der Waals surface area contributed by atoms with E-state index in [1.165, 1.54) is 11.1 Å². The van der Waals surface area contributed by atoms with Gasteiger partial charge in [-0.1, -0.05) is 36.4 Å². The molecule has 0 saturated heterocycles. The van der Waals surface area contributed by atoms with Crippen molar-refractivity contribution in [3.8, 4) is 5.69 Å². The second kappa shape index (κ2) is 6.32. The molecule has 0 saturated carbocycles. The molecule has 4 nitrogen and oxygen atoms in total. The number of aromatic nitrogens is 2. The van der Waals surface area contributed by atoms with E-state index in [4.69, 9.17) is 0 Å². The van der Waals surface area contributed by atoms with Crippen LogP contribution in [0.15, 0.2) is 67.0 Å². The van der Waals surface area contributed by atoms with Crippen molar-refractivity contribution in [3.63, 3.8) is 0 Å². The molecule has 1 aliphatic carbocycles. The lowest BCUT2D eigenvalue weighted by molar-refractivity contribution is -0.116. The van der Waals surface area contributed by atoms with Gasteiger partial charge in [-0.15, -0.1) is 0 Å². The molecule has 1 atom stereocenters. The molecule has 0 aliphatic heterocycles. The van der Waals surface area contributed by atoms with Crippen LogP contribution in [0, 0.1) is 0 Å². The molecular weight excluding hydrogens is 298 g/mol. The van der Waals surface area contributed by atoms with Crippen LogP contribution in [0.3, 0.4) is 0 Å². The van der Waals surface area contributed by atoms with E-state index in [1.54, 1.807) is 10.9 Å². The average Bonchev–Trinajstić information content (AvgIpc) is 3.26. The molecule has 120 valence electrons. The van der Waals surface area contributed by atoms with Crippen LogP contribution in [0.2, 0.25) is 0 Å². The van der Waals surface area contributed by atoms with E-state index in [2.05, 4.69) is 34.7 Å². The number of fused-ring (bicyclic) bond motifs is 1. The zero-order valence-electron chi connectivity index (χ0n) is 13.4. The first-order chi connectivity index (χ1) is 11.8. The van der Waals surface area contributed by atoms with Crippen LogP contribution in [0.5, 0.6) is 0 Å². The summed E-state index contributed by atoms with van der Waals surface area (Å²) in [4.78, 5) is 12.6. The maximum atomic E-state index is 12.6. The van der Waals surface area contributed by atoms with E-state index < -0.39 is 0 Å². The Morgan fingerprint density at radius 1 is 1.12 bits per heavy atom. The highest BCUT2D eigenvalue weighted by atomic mass is 16.1. The Labute approximate surface area is 141 Å². The van der Waals surface area contributed by atoms with E-state index in [1.807, 2.05) is 36.5 Å². The Balaban J connectivity index is 1.50. The van der Waals surface area contributed by atoms with Gasteiger partial charge in [-0.2, -0.15) is 5.10 Å². The van der Waals surface area contributed by atoms with Crippen LogP contribution in [-0.2, 0) is 11.2 Å². The van der Waals surface area contributed by atoms with Crippen molar-refractivity contribution in [1.82, 2.24) is 9.78 Å². The van der Waals surface area contributed by atoms with Gasteiger partial charge in [-0.25, -0.2) is 4.68 Å². The van der Waals surface area contributed by atoms with Gasteiger partial charge < -0.3 is 5.32 Å². The molecule has 0 bridgehead atoms. The average molecular weight is 317 g/mol. The fourth-order valence-corrected chi connectivity index (χ4v) is 3.47. The molecule has 24 heavy (non-hydrogen) atoms. The first-order valence-corrected chi connectivity index (χ1v) is 8.28. The van der Waals surface area contributed by atoms with E-state index in [0.29, 0.717) is 12.3 Å². The van der Waals surface area contributed by atoms with Gasteiger partial charge in [-0.3, -0.25) is 4.79 Å². The van der Waals surface area contributed by atoms with Gasteiger partial charge in [0.2, 0.25) is 5.91 Å². The SMILES string of the molecule is O=C(CC1CCc2ccccc21)Nc1ccccc1-n1cccn1. The molecule has 4 heteroatoms. The number of hydrogen-bond acceptors (Lipinski definition) is 2. The van der Waals surface area contributed by atoms with E-state index >= 15 is 0 Å². The molecule has 2 aromatic carbocycles. The molecule has 0 radical (unpaired) electrons. The van der Waals surface area contributed by atoms with Gasteiger partial charge in [0.25, 0.3) is 0 Å². The number of benzene rings is 2. The Morgan fingerprint density at radius 3 is 2.83 bits per heavy atom. The predicted octanol–water partition coefficient (Wildman–Crippen LogP) is 3.93. The van der Waals surface area contributed by atoms with Crippen LogP contribution in [0.25, 0.3) is 5.69 Å². The van der Waals surface area contributed by atoms with Gasteiger partial charge in [0.15, 0.2) is 0 Å². The van der Waals surface area contributed by atoms with E-state index in [9.17, 15) is 4.79 Å². The number of amides is 1. The molecule has 1 aromatic heterocycles. The molecule has 0 spiro atoms. The summed E-state index contributed by atoms with van der Waals surface area (Å²) in [5.74, 6) is 0.370. The van der Waals surface area contributed by atoms with Crippen LogP contribution in [-0.4, -0.2) is 15.7 Å². The molecular formula is C20H19N3O. The van der Waals surface area contributed by atoms with Crippen molar-refractivity contribution in [2.24, 2.45) is 0 Å². The number of anilines is 1. The second-order valence-corrected chi connectivity index (χ2v) is 6.15. The fraction of sp³-hybridized carbons (Fsp3) is 0.200. The summed E-state index contributed by atoms with van der Waals surface area (Å²) in [6.45, 7) is 0. The standard InChI is InChI=1S/C20H19N3O/c24-20(14-16-11-10-15-6-1-2-7-17(15)16)22-18-8-3-4-9-19(18)23-13-5-12-21-23/h1-9,12-13,16H,10-11,14H2,(H,22,24). The summed E-state index contributed by atoms with van der Waals surface area (Å²) >= 11 is 0. The highest BCUT2D eigenvalue weighted by Crippen LogP contribution is 2.35. The molecule has 3 aromatic rings. The maximum absolute atomic E-state index is 12.6. The third kappa shape index (κ3) is 2.83. The molecule has 1 aliphatic rings. The fourth-order valence-electron chi connectivity index (χ4n) is 3.47. The number of aryl methyl sites for hydroxylation is 1. The molecule has 1 unspecified atom stereocenters. The van der Waals surface area contributed by atoms with Crippen molar-refractivity contribution < 1.29 is 4.79 Å². The molecule has 4 rings (SSSR count). The second-order valence-electron chi connectivity index (χ2n) is 6.15. The van der Waals surface area contributed by atoms with Crippen LogP contribution in [0.4, 0.5) is 5.69 Å². The van der Waals surface area contributed by atoms with Crippen molar-refractivity contribution in [2.45, 2.75) is 25.2 Å². The summed E-state index contributed by atoms with van der Waals surface area (Å²) in [6.07, 6.45) is 6.24. The van der Waals surface area contributed by atoms with Gasteiger partial charge in [0.05, 0.1) is 11.4 Å². The van der Waals surface area contributed by atoms with Crippen molar-refractivity contribution >= 4 is 11.6 Å². The number of rotatable bonds is 4. The van der Waals surface area contributed by atoms with Crippen LogP contribution < -0.4 is 5.32 Å². The highest BCUT2D eigenvalue weighted by Gasteiger charge is 2.24. The lowest BCUT2D eigenvalue weighted by atomic mass is 9.97. The monoisotopic (exact) mass is 317 g/mol. The minimum absolute atomic E-state index is 0.0521. The van der Waals surface area contributed by atoms with Crippen molar-refractivity contribution in [3.05, 3.63) is 78.1 Å². The van der Waals surface area contributed by atoms with E-state index in [0.717, 1.165) is 24.2 Å². The first-order valence-electron chi connectivity index (χ1n) is 8.28. The smallest absolute Gasteiger partial charge is 0.225 e. The zero-order valence-corrected chi connectivity index (χ0v) is 13.4. The van der Waals surface area contributed by atoms with Gasteiger partial charge in [0, 0.05) is 18.8 Å². The summed E-state index contributed by atoms with van der Waals surface area (Å²) in [5.41, 5.74) is 4.38. The predicted molar refractivity (Wildman–Crippen MR) is 94.3 cm³/mol. The number of carbonyl (C=O) groups is 1. The summed E-state index contributed by atoms with van der Waals surface area (Å²) in [5, 5.41) is 7.31. The Kier molecular flexibility index (Phi) is 3.87. The number of para-hydroxylation sites is 2. The molecule has 1 amide bonds. The largest absolute Gasteiger partial charge is 0.324 e. The van der Waals surface area contributed by atoms with Crippen LogP contribution >= 0.6 is 0 Å². The number of nitrogens with zero attached hydrogens (tertiary/aromatic N) is 2. The third-order valence-corrected chi connectivity index (χ3v) is 4.62. The quantitative estimate of drug-likeness (QED) is 0.792. The molecule has 1 heterocycles. The van der Waals surface area contributed by atoms with Crippen molar-refractivity contribution in [1.29, 1.82) is 0 Å².